The molecule has 2 heterocycles. The van der Waals surface area contributed by atoms with Crippen molar-refractivity contribution in [1.82, 2.24) is 14.7 Å². The number of rotatable bonds is 2. The number of carbonyl (C=O) groups is 1. The molecule has 3 rings (SSSR count). The molecule has 0 aromatic rings. The van der Waals surface area contributed by atoms with E-state index in [0.29, 0.717) is 5.92 Å². The molecule has 19 heavy (non-hydrogen) atoms. The molecular formula is C15H27N3O. The summed E-state index contributed by atoms with van der Waals surface area (Å²) in [5, 5.41) is 0. The number of piperazine rings is 1. The molecule has 2 saturated heterocycles. The van der Waals surface area contributed by atoms with E-state index in [9.17, 15) is 4.79 Å². The molecule has 3 fully saturated rings. The summed E-state index contributed by atoms with van der Waals surface area (Å²) < 4.78 is 0. The number of carbonyl (C=O) groups excluding carboxylic acids is 1. The van der Waals surface area contributed by atoms with Crippen LogP contribution in [0.2, 0.25) is 0 Å². The summed E-state index contributed by atoms with van der Waals surface area (Å²) in [6.45, 7) is 9.45. The summed E-state index contributed by atoms with van der Waals surface area (Å²) in [6, 6.07) is 0.289. The van der Waals surface area contributed by atoms with Crippen molar-refractivity contribution in [2.75, 3.05) is 45.8 Å². The first-order valence-corrected chi connectivity index (χ1v) is 7.98. The van der Waals surface area contributed by atoms with Crippen molar-refractivity contribution in [1.29, 1.82) is 0 Å². The molecule has 1 saturated carbocycles. The van der Waals surface area contributed by atoms with E-state index in [1.807, 2.05) is 0 Å². The van der Waals surface area contributed by atoms with E-state index in [1.54, 1.807) is 0 Å². The van der Waals surface area contributed by atoms with Crippen LogP contribution in [0.15, 0.2) is 0 Å². The molecule has 1 aliphatic carbocycles. The maximum Gasteiger partial charge on any atom is 0.320 e. The first-order chi connectivity index (χ1) is 9.22. The zero-order valence-corrected chi connectivity index (χ0v) is 12.2. The minimum atomic E-state index is 0.289. The van der Waals surface area contributed by atoms with Gasteiger partial charge in [0.15, 0.2) is 0 Å². The van der Waals surface area contributed by atoms with Crippen LogP contribution in [0.5, 0.6) is 0 Å². The van der Waals surface area contributed by atoms with E-state index in [1.165, 1.54) is 32.2 Å². The van der Waals surface area contributed by atoms with Crippen molar-refractivity contribution < 1.29 is 4.79 Å². The van der Waals surface area contributed by atoms with E-state index < -0.39 is 0 Å². The van der Waals surface area contributed by atoms with E-state index in [2.05, 4.69) is 21.6 Å². The minimum Gasteiger partial charge on any atom is -0.324 e. The van der Waals surface area contributed by atoms with Crippen LogP contribution in [-0.2, 0) is 0 Å². The van der Waals surface area contributed by atoms with E-state index >= 15 is 0 Å². The lowest BCUT2D eigenvalue weighted by Crippen LogP contribution is -2.54. The molecule has 0 aromatic carbocycles. The Morgan fingerprint density at radius 1 is 1.00 bits per heavy atom. The monoisotopic (exact) mass is 265 g/mol. The fraction of sp³-hybridized carbons (Fsp3) is 0.933. The second-order valence-corrected chi connectivity index (χ2v) is 6.71. The number of urea groups is 1. The highest BCUT2D eigenvalue weighted by molar-refractivity contribution is 5.74. The van der Waals surface area contributed by atoms with Gasteiger partial charge in [-0.3, -0.25) is 4.90 Å². The van der Waals surface area contributed by atoms with Gasteiger partial charge in [-0.1, -0.05) is 6.92 Å². The molecule has 4 heteroatoms. The number of hydrogen-bond donors (Lipinski definition) is 0. The van der Waals surface area contributed by atoms with Gasteiger partial charge < -0.3 is 9.80 Å². The predicted molar refractivity (Wildman–Crippen MR) is 76.1 cm³/mol. The van der Waals surface area contributed by atoms with Crippen molar-refractivity contribution in [2.24, 2.45) is 11.8 Å². The van der Waals surface area contributed by atoms with Gasteiger partial charge in [0.1, 0.15) is 0 Å². The lowest BCUT2D eigenvalue weighted by atomic mass is 10.0. The van der Waals surface area contributed by atoms with Crippen molar-refractivity contribution in [3.05, 3.63) is 0 Å². The van der Waals surface area contributed by atoms with Crippen LogP contribution in [0.4, 0.5) is 4.79 Å². The van der Waals surface area contributed by atoms with Gasteiger partial charge in [0, 0.05) is 45.8 Å². The Hall–Kier alpha value is -0.770. The average molecular weight is 265 g/mol. The molecule has 2 aliphatic heterocycles. The Morgan fingerprint density at radius 3 is 2.37 bits per heavy atom. The van der Waals surface area contributed by atoms with E-state index in [4.69, 9.17) is 0 Å². The number of likely N-dealkylation sites (tertiary alicyclic amines) is 1. The van der Waals surface area contributed by atoms with Crippen LogP contribution in [-0.4, -0.2) is 66.5 Å². The number of piperidine rings is 1. The van der Waals surface area contributed by atoms with Gasteiger partial charge >= 0.3 is 6.03 Å². The van der Waals surface area contributed by atoms with Crippen LogP contribution in [0.1, 0.15) is 32.6 Å². The van der Waals surface area contributed by atoms with Crippen molar-refractivity contribution in [2.45, 2.75) is 32.6 Å². The largest absolute Gasteiger partial charge is 0.324 e. The Labute approximate surface area is 116 Å². The summed E-state index contributed by atoms with van der Waals surface area (Å²) in [6.07, 6.45) is 5.29. The first kappa shape index (κ1) is 13.2. The SMILES string of the molecule is CC1CCCN(C(=O)N2CCN(CC3CC3)CC2)C1. The second kappa shape index (κ2) is 5.70. The average Bonchev–Trinajstić information content (AvgIpc) is 3.23. The molecule has 1 unspecified atom stereocenters. The molecule has 2 amide bonds. The predicted octanol–water partition coefficient (Wildman–Crippen LogP) is 1.87. The molecule has 0 bridgehead atoms. The van der Waals surface area contributed by atoms with Gasteiger partial charge in [0.25, 0.3) is 0 Å². The maximum absolute atomic E-state index is 12.5. The smallest absolute Gasteiger partial charge is 0.320 e. The highest BCUT2D eigenvalue weighted by atomic mass is 16.2. The van der Waals surface area contributed by atoms with Crippen LogP contribution in [0.25, 0.3) is 0 Å². The molecule has 1 atom stereocenters. The van der Waals surface area contributed by atoms with Crippen molar-refractivity contribution >= 4 is 6.03 Å². The van der Waals surface area contributed by atoms with Gasteiger partial charge in [-0.2, -0.15) is 0 Å². The molecular weight excluding hydrogens is 238 g/mol. The molecule has 108 valence electrons. The molecule has 0 aromatic heterocycles. The zero-order valence-electron chi connectivity index (χ0n) is 12.2. The fourth-order valence-electron chi connectivity index (χ4n) is 3.35. The summed E-state index contributed by atoms with van der Waals surface area (Å²) in [7, 11) is 0. The van der Waals surface area contributed by atoms with Gasteiger partial charge in [-0.25, -0.2) is 4.79 Å². The van der Waals surface area contributed by atoms with Crippen molar-refractivity contribution in [3.8, 4) is 0 Å². The summed E-state index contributed by atoms with van der Waals surface area (Å²) in [5.74, 6) is 1.64. The fourth-order valence-corrected chi connectivity index (χ4v) is 3.35. The lowest BCUT2D eigenvalue weighted by Gasteiger charge is -2.39. The zero-order chi connectivity index (χ0) is 13.2. The molecule has 4 nitrogen and oxygen atoms in total. The van der Waals surface area contributed by atoms with Gasteiger partial charge in [0.2, 0.25) is 0 Å². The Morgan fingerprint density at radius 2 is 1.74 bits per heavy atom. The highest BCUT2D eigenvalue weighted by Crippen LogP contribution is 2.30. The first-order valence-electron chi connectivity index (χ1n) is 7.98. The van der Waals surface area contributed by atoms with Gasteiger partial charge in [-0.05, 0) is 37.5 Å². The quantitative estimate of drug-likeness (QED) is 0.762. The number of nitrogens with zero attached hydrogens (tertiary/aromatic N) is 3. The standard InChI is InChI=1S/C15H27N3O/c1-13-3-2-6-18(11-13)15(19)17-9-7-16(8-10-17)12-14-4-5-14/h13-14H,2-12H2,1H3. The Bertz CT molecular complexity index is 321. The minimum absolute atomic E-state index is 0.289. The molecule has 0 spiro atoms. The van der Waals surface area contributed by atoms with E-state index in [0.717, 1.165) is 45.2 Å². The summed E-state index contributed by atoms with van der Waals surface area (Å²) >= 11 is 0. The number of hydrogen-bond acceptors (Lipinski definition) is 2. The van der Waals surface area contributed by atoms with Crippen molar-refractivity contribution in [3.63, 3.8) is 0 Å². The molecule has 0 radical (unpaired) electrons. The summed E-state index contributed by atoms with van der Waals surface area (Å²) in [5.41, 5.74) is 0. The van der Waals surface area contributed by atoms with Crippen LogP contribution in [0, 0.1) is 11.8 Å². The van der Waals surface area contributed by atoms with Crippen LogP contribution in [0.3, 0.4) is 0 Å². The maximum atomic E-state index is 12.5. The molecule has 3 aliphatic rings. The van der Waals surface area contributed by atoms with Crippen LogP contribution >= 0.6 is 0 Å². The lowest BCUT2D eigenvalue weighted by molar-refractivity contribution is 0.0986. The molecule has 0 N–H and O–H groups in total. The second-order valence-electron chi connectivity index (χ2n) is 6.71. The third-order valence-electron chi connectivity index (χ3n) is 4.78. The highest BCUT2D eigenvalue weighted by Gasteiger charge is 2.30. The Balaban J connectivity index is 1.45. The normalized spacial score (nSPS) is 29.6. The Kier molecular flexibility index (Phi) is 3.96. The summed E-state index contributed by atoms with van der Waals surface area (Å²) in [4.78, 5) is 19.2. The topological polar surface area (TPSA) is 26.8 Å². The number of amides is 2. The van der Waals surface area contributed by atoms with E-state index in [-0.39, 0.29) is 6.03 Å². The van der Waals surface area contributed by atoms with Gasteiger partial charge in [0.05, 0.1) is 0 Å². The van der Waals surface area contributed by atoms with Crippen LogP contribution < -0.4 is 0 Å². The van der Waals surface area contributed by atoms with Gasteiger partial charge in [-0.15, -0.1) is 0 Å². The third kappa shape index (κ3) is 3.41. The third-order valence-corrected chi connectivity index (χ3v) is 4.78.